The van der Waals surface area contributed by atoms with Gasteiger partial charge in [-0.15, -0.1) is 0 Å². The second-order valence-corrected chi connectivity index (χ2v) is 7.31. The largest absolute Gasteiger partial charge is 0.368 e. The number of anilines is 2. The molecule has 0 bridgehead atoms. The Morgan fingerprint density at radius 3 is 2.44 bits per heavy atom. The van der Waals surface area contributed by atoms with Crippen molar-refractivity contribution in [2.75, 3.05) is 36.4 Å². The minimum atomic E-state index is -0.229. The van der Waals surface area contributed by atoms with E-state index in [2.05, 4.69) is 15.2 Å². The molecule has 1 saturated carbocycles. The Balaban J connectivity index is 1.36. The molecule has 2 heterocycles. The highest BCUT2D eigenvalue weighted by molar-refractivity contribution is 5.95. The third-order valence-electron chi connectivity index (χ3n) is 5.47. The number of hydrogen-bond acceptors (Lipinski definition) is 4. The van der Waals surface area contributed by atoms with Crippen molar-refractivity contribution in [2.45, 2.75) is 31.7 Å². The van der Waals surface area contributed by atoms with Gasteiger partial charge in [-0.2, -0.15) is 0 Å². The molecule has 142 valence electrons. The smallest absolute Gasteiger partial charge is 0.254 e. The van der Waals surface area contributed by atoms with Crippen LogP contribution >= 0.6 is 0 Å². The van der Waals surface area contributed by atoms with E-state index in [0.29, 0.717) is 24.7 Å². The summed E-state index contributed by atoms with van der Waals surface area (Å²) in [4.78, 5) is 21.3. The maximum Gasteiger partial charge on any atom is 0.254 e. The van der Waals surface area contributed by atoms with Crippen molar-refractivity contribution in [2.24, 2.45) is 0 Å². The number of piperazine rings is 1. The molecule has 5 nitrogen and oxygen atoms in total. The minimum Gasteiger partial charge on any atom is -0.368 e. The molecular weight excluding hydrogens is 343 g/mol. The van der Waals surface area contributed by atoms with Gasteiger partial charge in [0.05, 0.1) is 0 Å². The van der Waals surface area contributed by atoms with Crippen LogP contribution in [0.1, 0.15) is 36.0 Å². The van der Waals surface area contributed by atoms with Gasteiger partial charge in [0.15, 0.2) is 0 Å². The van der Waals surface area contributed by atoms with E-state index in [4.69, 9.17) is 0 Å². The van der Waals surface area contributed by atoms with Gasteiger partial charge in [-0.3, -0.25) is 4.79 Å². The Labute approximate surface area is 159 Å². The van der Waals surface area contributed by atoms with Crippen LogP contribution < -0.4 is 10.2 Å². The van der Waals surface area contributed by atoms with Gasteiger partial charge in [0.2, 0.25) is 0 Å². The fraction of sp³-hybridized carbons (Fsp3) is 0.429. The highest BCUT2D eigenvalue weighted by atomic mass is 19.1. The quantitative estimate of drug-likeness (QED) is 0.897. The van der Waals surface area contributed by atoms with Crippen molar-refractivity contribution < 1.29 is 9.18 Å². The topological polar surface area (TPSA) is 48.5 Å². The lowest BCUT2D eigenvalue weighted by Gasteiger charge is -2.36. The molecule has 1 aromatic heterocycles. The molecule has 1 amide bonds. The van der Waals surface area contributed by atoms with Crippen molar-refractivity contribution in [3.63, 3.8) is 0 Å². The van der Waals surface area contributed by atoms with E-state index in [1.54, 1.807) is 24.4 Å². The third kappa shape index (κ3) is 4.21. The number of carbonyl (C=O) groups is 1. The van der Waals surface area contributed by atoms with Gasteiger partial charge in [-0.1, -0.05) is 12.8 Å². The van der Waals surface area contributed by atoms with Crippen LogP contribution in [0.5, 0.6) is 0 Å². The maximum absolute atomic E-state index is 13.1. The predicted octanol–water partition coefficient (Wildman–Crippen LogP) is 3.54. The standard InChI is InChI=1S/C21H25FN4O/c22-17-5-7-19(8-6-17)25-11-13-26(14-12-25)21(27)16-9-10-23-20(15-16)24-18-3-1-2-4-18/h5-10,15,18H,1-4,11-14H2,(H,23,24). The maximum atomic E-state index is 13.1. The normalized spacial score (nSPS) is 18.0. The zero-order valence-corrected chi connectivity index (χ0v) is 15.4. The Morgan fingerprint density at radius 1 is 1.04 bits per heavy atom. The molecule has 1 N–H and O–H groups in total. The summed E-state index contributed by atoms with van der Waals surface area (Å²) < 4.78 is 13.1. The second-order valence-electron chi connectivity index (χ2n) is 7.31. The van der Waals surface area contributed by atoms with E-state index in [-0.39, 0.29) is 11.7 Å². The van der Waals surface area contributed by atoms with Crippen LogP contribution in [-0.2, 0) is 0 Å². The molecule has 2 fully saturated rings. The molecule has 0 radical (unpaired) electrons. The van der Waals surface area contributed by atoms with Crippen LogP contribution in [0.3, 0.4) is 0 Å². The lowest BCUT2D eigenvalue weighted by molar-refractivity contribution is 0.0746. The van der Waals surface area contributed by atoms with E-state index in [9.17, 15) is 9.18 Å². The van der Waals surface area contributed by atoms with E-state index >= 15 is 0 Å². The molecule has 27 heavy (non-hydrogen) atoms. The third-order valence-corrected chi connectivity index (χ3v) is 5.47. The van der Waals surface area contributed by atoms with Crippen LogP contribution in [0.4, 0.5) is 15.9 Å². The van der Waals surface area contributed by atoms with Crippen LogP contribution in [0.25, 0.3) is 0 Å². The number of rotatable bonds is 4. The van der Waals surface area contributed by atoms with E-state index in [0.717, 1.165) is 24.6 Å². The van der Waals surface area contributed by atoms with Crippen LogP contribution in [0.15, 0.2) is 42.6 Å². The lowest BCUT2D eigenvalue weighted by Crippen LogP contribution is -2.48. The van der Waals surface area contributed by atoms with Crippen molar-refractivity contribution in [1.29, 1.82) is 0 Å². The zero-order chi connectivity index (χ0) is 18.6. The summed E-state index contributed by atoms with van der Waals surface area (Å²) in [5.41, 5.74) is 1.68. The SMILES string of the molecule is O=C(c1ccnc(NC2CCCC2)c1)N1CCN(c2ccc(F)cc2)CC1. The summed E-state index contributed by atoms with van der Waals surface area (Å²) in [6, 6.07) is 10.7. The van der Waals surface area contributed by atoms with E-state index in [1.165, 1.54) is 37.8 Å². The van der Waals surface area contributed by atoms with E-state index in [1.807, 2.05) is 11.0 Å². The number of aromatic nitrogens is 1. The minimum absolute atomic E-state index is 0.0469. The first-order valence-corrected chi connectivity index (χ1v) is 9.71. The Kier molecular flexibility index (Phi) is 5.23. The molecule has 1 aliphatic heterocycles. The highest BCUT2D eigenvalue weighted by Gasteiger charge is 2.23. The molecule has 1 aromatic carbocycles. The molecular formula is C21H25FN4O. The average molecular weight is 368 g/mol. The van der Waals surface area contributed by atoms with Crippen molar-refractivity contribution >= 4 is 17.4 Å². The predicted molar refractivity (Wildman–Crippen MR) is 105 cm³/mol. The van der Waals surface area contributed by atoms with Gasteiger partial charge in [0.1, 0.15) is 11.6 Å². The summed E-state index contributed by atoms with van der Waals surface area (Å²) in [5.74, 6) is 0.607. The van der Waals surface area contributed by atoms with Crippen LogP contribution in [0.2, 0.25) is 0 Å². The number of benzene rings is 1. The average Bonchev–Trinajstić information content (AvgIpc) is 3.21. The number of halogens is 1. The number of nitrogens with one attached hydrogen (secondary N) is 1. The summed E-state index contributed by atoms with van der Waals surface area (Å²) >= 11 is 0. The lowest BCUT2D eigenvalue weighted by atomic mass is 10.2. The summed E-state index contributed by atoms with van der Waals surface area (Å²) in [5, 5.41) is 3.45. The molecule has 0 spiro atoms. The van der Waals surface area contributed by atoms with Crippen molar-refractivity contribution in [1.82, 2.24) is 9.88 Å². The molecule has 4 rings (SSSR count). The van der Waals surface area contributed by atoms with Crippen LogP contribution in [0, 0.1) is 5.82 Å². The summed E-state index contributed by atoms with van der Waals surface area (Å²) in [6.45, 7) is 2.80. The Bertz CT molecular complexity index is 781. The number of amides is 1. The molecule has 1 saturated heterocycles. The van der Waals surface area contributed by atoms with Gasteiger partial charge < -0.3 is 15.1 Å². The van der Waals surface area contributed by atoms with Gasteiger partial charge >= 0.3 is 0 Å². The van der Waals surface area contributed by atoms with Gasteiger partial charge in [0, 0.05) is 49.7 Å². The van der Waals surface area contributed by atoms with Crippen molar-refractivity contribution in [3.05, 3.63) is 54.0 Å². The number of pyridine rings is 1. The molecule has 2 aliphatic rings. The van der Waals surface area contributed by atoms with E-state index < -0.39 is 0 Å². The van der Waals surface area contributed by atoms with Gasteiger partial charge in [-0.25, -0.2) is 9.37 Å². The number of carbonyl (C=O) groups excluding carboxylic acids is 1. The van der Waals surface area contributed by atoms with Crippen LogP contribution in [-0.4, -0.2) is 48.0 Å². The number of hydrogen-bond donors (Lipinski definition) is 1. The fourth-order valence-electron chi connectivity index (χ4n) is 3.92. The summed E-state index contributed by atoms with van der Waals surface area (Å²) in [7, 11) is 0. The monoisotopic (exact) mass is 368 g/mol. The molecule has 0 atom stereocenters. The molecule has 6 heteroatoms. The molecule has 0 unspecified atom stereocenters. The Hall–Kier alpha value is -2.63. The zero-order valence-electron chi connectivity index (χ0n) is 15.4. The Morgan fingerprint density at radius 2 is 1.74 bits per heavy atom. The molecule has 2 aromatic rings. The first-order valence-electron chi connectivity index (χ1n) is 9.71. The molecule has 1 aliphatic carbocycles. The van der Waals surface area contributed by atoms with Gasteiger partial charge in [-0.05, 0) is 49.2 Å². The van der Waals surface area contributed by atoms with Gasteiger partial charge in [0.25, 0.3) is 5.91 Å². The first kappa shape index (κ1) is 17.8. The highest BCUT2D eigenvalue weighted by Crippen LogP contribution is 2.22. The number of nitrogens with zero attached hydrogens (tertiary/aromatic N) is 3. The summed E-state index contributed by atoms with van der Waals surface area (Å²) in [6.07, 6.45) is 6.57. The van der Waals surface area contributed by atoms with Crippen molar-refractivity contribution in [3.8, 4) is 0 Å². The first-order chi connectivity index (χ1) is 13.2. The second kappa shape index (κ2) is 7.94. The fourth-order valence-corrected chi connectivity index (χ4v) is 3.92.